The van der Waals surface area contributed by atoms with Crippen LogP contribution in [0, 0.1) is 72.0 Å². The molecule has 0 unspecified atom stereocenters. The van der Waals surface area contributed by atoms with Crippen molar-refractivity contribution in [3.63, 3.8) is 0 Å². The van der Waals surface area contributed by atoms with Crippen LogP contribution in [0.5, 0.6) is 0 Å². The summed E-state index contributed by atoms with van der Waals surface area (Å²) in [6.45, 7) is 3.82. The average molecular weight is 805 g/mol. The molecule has 0 bridgehead atoms. The molecule has 6 aromatic rings. The first-order valence-electron chi connectivity index (χ1n) is 17.8. The first kappa shape index (κ1) is 39.8. The fraction of sp³-hybridized carbons (Fsp3) is 0.136. The van der Waals surface area contributed by atoms with E-state index in [0.29, 0.717) is 11.4 Å². The number of hydrogen-bond donors (Lipinski definition) is 0. The maximum Gasteiger partial charge on any atom is 0.200 e. The van der Waals surface area contributed by atoms with Crippen LogP contribution >= 0.6 is 0 Å². The third-order valence-electron chi connectivity index (χ3n) is 9.78. The zero-order valence-electron chi connectivity index (χ0n) is 30.5. The van der Waals surface area contributed by atoms with Crippen molar-refractivity contribution in [2.45, 2.75) is 38.8 Å². The van der Waals surface area contributed by atoms with Gasteiger partial charge in [-0.05, 0) is 49.2 Å². The van der Waals surface area contributed by atoms with Gasteiger partial charge >= 0.3 is 0 Å². The summed E-state index contributed by atoms with van der Waals surface area (Å²) in [5.41, 5.74) is 2.52. The second-order valence-electron chi connectivity index (χ2n) is 13.6. The first-order chi connectivity index (χ1) is 27.8. The van der Waals surface area contributed by atoms with Gasteiger partial charge in [0.05, 0.1) is 46.0 Å². The third-order valence-corrected chi connectivity index (χ3v) is 9.78. The molecule has 0 radical (unpaired) electrons. The molecule has 8 rings (SSSR count). The Hall–Kier alpha value is -6.44. The Bertz CT molecular complexity index is 2310. The van der Waals surface area contributed by atoms with Gasteiger partial charge in [0.25, 0.3) is 0 Å². The summed E-state index contributed by atoms with van der Waals surface area (Å²) in [7, 11) is 0. The highest BCUT2D eigenvalue weighted by atomic mass is 19.2. The molecule has 6 aromatic carbocycles. The average Bonchev–Trinajstić information content (AvgIpc) is 3.88. The maximum atomic E-state index is 14.3. The number of benzene rings is 6. The van der Waals surface area contributed by atoms with Crippen LogP contribution in [0.3, 0.4) is 0 Å². The van der Waals surface area contributed by atoms with E-state index in [0.717, 1.165) is 22.3 Å². The van der Waals surface area contributed by atoms with Gasteiger partial charge in [0.1, 0.15) is 0 Å². The summed E-state index contributed by atoms with van der Waals surface area (Å²) >= 11 is 0. The quantitative estimate of drug-likeness (QED) is 0.0954. The lowest BCUT2D eigenvalue weighted by Gasteiger charge is -2.24. The van der Waals surface area contributed by atoms with E-state index >= 15 is 0 Å². The van der Waals surface area contributed by atoms with Gasteiger partial charge in [-0.25, -0.2) is 43.9 Å². The molecule has 296 valence electrons. The van der Waals surface area contributed by atoms with E-state index in [1.54, 1.807) is 58.5 Å². The predicted octanol–water partition coefficient (Wildman–Crippen LogP) is 12.1. The van der Waals surface area contributed by atoms with Crippen LogP contribution in [0.1, 0.15) is 58.3 Å². The zero-order chi connectivity index (χ0) is 41.4. The fourth-order valence-corrected chi connectivity index (χ4v) is 6.78. The highest BCUT2D eigenvalue weighted by molar-refractivity contribution is 6.04. The van der Waals surface area contributed by atoms with Gasteiger partial charge in [0.2, 0.25) is 11.6 Å². The van der Waals surface area contributed by atoms with Crippen molar-refractivity contribution in [1.82, 2.24) is 0 Å². The topological polar surface area (TPSA) is 31.2 Å². The molecule has 0 saturated carbocycles. The van der Waals surface area contributed by atoms with Gasteiger partial charge in [-0.1, -0.05) is 96.1 Å². The molecule has 0 amide bonds. The molecule has 4 nitrogen and oxygen atoms in total. The van der Waals surface area contributed by atoms with Gasteiger partial charge in [0.15, 0.2) is 46.5 Å². The summed E-state index contributed by atoms with van der Waals surface area (Å²) in [5.74, 6) is -19.8. The Morgan fingerprint density at radius 2 is 0.655 bits per heavy atom. The number of nitrogens with zero attached hydrogens (tertiary/aromatic N) is 4. The van der Waals surface area contributed by atoms with E-state index in [4.69, 9.17) is 0 Å². The summed E-state index contributed by atoms with van der Waals surface area (Å²) in [5, 5.41) is 11.6. The minimum Gasteiger partial charge on any atom is -0.257 e. The number of rotatable bonds is 6. The molecule has 2 aliphatic rings. The maximum absolute atomic E-state index is 14.3. The van der Waals surface area contributed by atoms with E-state index in [2.05, 4.69) is 10.2 Å². The molecule has 0 fully saturated rings. The Morgan fingerprint density at radius 1 is 0.379 bits per heavy atom. The highest BCUT2D eigenvalue weighted by Gasteiger charge is 2.37. The molecule has 0 aliphatic carbocycles. The van der Waals surface area contributed by atoms with Crippen molar-refractivity contribution in [2.24, 2.45) is 10.2 Å². The number of hydrogen-bond acceptors (Lipinski definition) is 4. The molecule has 0 aromatic heterocycles. The summed E-state index contributed by atoms with van der Waals surface area (Å²) < 4.78 is 139. The van der Waals surface area contributed by atoms with Crippen molar-refractivity contribution < 1.29 is 43.9 Å². The minimum absolute atomic E-state index is 0.0176. The predicted molar refractivity (Wildman–Crippen MR) is 200 cm³/mol. The molecule has 14 heteroatoms. The SMILES string of the molecule is Cc1ccc(N2N=C(c3c(F)c(F)c(F)c(F)c3F)C[C@@H]2c2ccccc2)cc1.Cc1ccc(N2N=C(c3c(F)c(F)c(F)c(F)c3F)C[C@H]2c2ccccc2)cc1. The van der Waals surface area contributed by atoms with E-state index in [9.17, 15) is 43.9 Å². The molecule has 58 heavy (non-hydrogen) atoms. The van der Waals surface area contributed by atoms with Gasteiger partial charge in [-0.15, -0.1) is 0 Å². The van der Waals surface area contributed by atoms with Crippen LogP contribution < -0.4 is 10.0 Å². The lowest BCUT2D eigenvalue weighted by Crippen LogP contribution is -2.18. The lowest BCUT2D eigenvalue weighted by atomic mass is 9.97. The first-order valence-corrected chi connectivity index (χ1v) is 17.8. The standard InChI is InChI=1S/2C22H15F5N2/c2*1-12-7-9-14(10-8-12)29-16(13-5-3-2-4-6-13)11-15(28-29)17-18(23)20(25)22(27)21(26)19(17)24/h2*2-10,16H,11H2,1H3/t2*16-/m10/s1. The number of aryl methyl sites for hydroxylation is 2. The molecule has 0 N–H and O–H groups in total. The number of hydrazone groups is 2. The van der Waals surface area contributed by atoms with E-state index in [-0.39, 0.29) is 24.3 Å². The van der Waals surface area contributed by atoms with Crippen molar-refractivity contribution >= 4 is 22.8 Å². The Labute approximate surface area is 326 Å². The van der Waals surface area contributed by atoms with E-state index in [1.165, 1.54) is 0 Å². The molecular formula is C44H30F10N4. The van der Waals surface area contributed by atoms with Crippen molar-refractivity contribution in [2.75, 3.05) is 10.0 Å². The van der Waals surface area contributed by atoms with Gasteiger partial charge < -0.3 is 0 Å². The fourth-order valence-electron chi connectivity index (χ4n) is 6.78. The summed E-state index contributed by atoms with van der Waals surface area (Å²) in [4.78, 5) is 0. The molecule has 2 aliphatic heterocycles. The Kier molecular flexibility index (Phi) is 11.1. The molecule has 0 spiro atoms. The monoisotopic (exact) mass is 804 g/mol. The van der Waals surface area contributed by atoms with Crippen molar-refractivity contribution in [3.8, 4) is 0 Å². The van der Waals surface area contributed by atoms with Crippen molar-refractivity contribution in [1.29, 1.82) is 0 Å². The van der Waals surface area contributed by atoms with E-state index < -0.39 is 81.4 Å². The second-order valence-corrected chi connectivity index (χ2v) is 13.6. The third kappa shape index (κ3) is 7.41. The number of halogens is 10. The van der Waals surface area contributed by atoms with Crippen LogP contribution in [0.4, 0.5) is 55.3 Å². The minimum atomic E-state index is -2.18. The normalized spacial score (nSPS) is 16.3. The Balaban J connectivity index is 0.000000177. The number of anilines is 2. The van der Waals surface area contributed by atoms with Crippen molar-refractivity contribution in [3.05, 3.63) is 201 Å². The summed E-state index contributed by atoms with van der Waals surface area (Å²) in [6.07, 6.45) is -0.0352. The smallest absolute Gasteiger partial charge is 0.200 e. The van der Waals surface area contributed by atoms with Crippen LogP contribution in [-0.4, -0.2) is 11.4 Å². The second kappa shape index (κ2) is 16.2. The Morgan fingerprint density at radius 3 is 0.948 bits per heavy atom. The zero-order valence-corrected chi connectivity index (χ0v) is 30.5. The molecule has 2 atom stereocenters. The van der Waals surface area contributed by atoms with Gasteiger partial charge in [-0.3, -0.25) is 10.0 Å². The van der Waals surface area contributed by atoms with E-state index in [1.807, 2.05) is 74.5 Å². The van der Waals surface area contributed by atoms with Crippen LogP contribution in [0.2, 0.25) is 0 Å². The van der Waals surface area contributed by atoms with Gasteiger partial charge in [-0.2, -0.15) is 10.2 Å². The van der Waals surface area contributed by atoms with Crippen LogP contribution in [0.15, 0.2) is 119 Å². The summed E-state index contributed by atoms with van der Waals surface area (Å²) in [6, 6.07) is 31.8. The molecular weight excluding hydrogens is 774 g/mol. The highest BCUT2D eigenvalue weighted by Crippen LogP contribution is 2.40. The van der Waals surface area contributed by atoms with Gasteiger partial charge in [0, 0.05) is 12.8 Å². The molecule has 0 saturated heterocycles. The van der Waals surface area contributed by atoms with Crippen LogP contribution in [0.25, 0.3) is 0 Å². The lowest BCUT2D eigenvalue weighted by molar-refractivity contribution is 0.377. The van der Waals surface area contributed by atoms with Crippen LogP contribution in [-0.2, 0) is 0 Å². The largest absolute Gasteiger partial charge is 0.257 e. The molecule has 2 heterocycles.